The van der Waals surface area contributed by atoms with Crippen molar-refractivity contribution in [1.82, 2.24) is 5.32 Å². The third-order valence-corrected chi connectivity index (χ3v) is 4.54. The molecule has 6 heteroatoms. The molecule has 2 aromatic carbocycles. The van der Waals surface area contributed by atoms with Gasteiger partial charge in [-0.15, -0.1) is 0 Å². The van der Waals surface area contributed by atoms with Gasteiger partial charge in [0.15, 0.2) is 0 Å². The van der Waals surface area contributed by atoms with Crippen molar-refractivity contribution >= 4 is 23.5 Å². The van der Waals surface area contributed by atoms with Crippen LogP contribution >= 0.6 is 11.6 Å². The molecule has 27 heavy (non-hydrogen) atoms. The maximum Gasteiger partial charge on any atom is 0.321 e. The lowest BCUT2D eigenvalue weighted by Crippen LogP contribution is -2.48. The number of carboxylic acids is 2. The number of nitrogens with one attached hydrogen (secondary N) is 1. The van der Waals surface area contributed by atoms with Gasteiger partial charge in [0.05, 0.1) is 0 Å². The van der Waals surface area contributed by atoms with Gasteiger partial charge in [-0.3, -0.25) is 14.9 Å². The first-order valence-electron chi connectivity index (χ1n) is 8.93. The molecular weight excluding hydrogens is 366 g/mol. The fraction of sp³-hybridized carbons (Fsp3) is 0.333. The van der Waals surface area contributed by atoms with E-state index in [1.54, 1.807) is 0 Å². The molecule has 3 N–H and O–H groups in total. The van der Waals surface area contributed by atoms with Crippen molar-refractivity contribution in [3.8, 4) is 0 Å². The molecule has 2 rings (SSSR count). The summed E-state index contributed by atoms with van der Waals surface area (Å²) in [5.41, 5.74) is 2.96. The number of hydrogen-bond donors (Lipinski definition) is 3. The highest BCUT2D eigenvalue weighted by molar-refractivity contribution is 6.30. The van der Waals surface area contributed by atoms with Gasteiger partial charge in [-0.05, 0) is 48.1 Å². The van der Waals surface area contributed by atoms with E-state index in [9.17, 15) is 19.8 Å². The molecule has 0 aliphatic heterocycles. The summed E-state index contributed by atoms with van der Waals surface area (Å²) in [6.07, 6.45) is 1.94. The zero-order valence-corrected chi connectivity index (χ0v) is 15.9. The molecule has 2 aromatic rings. The van der Waals surface area contributed by atoms with Crippen LogP contribution in [0, 0.1) is 0 Å². The van der Waals surface area contributed by atoms with E-state index in [0.717, 1.165) is 16.7 Å². The van der Waals surface area contributed by atoms with Gasteiger partial charge in [0.25, 0.3) is 0 Å². The van der Waals surface area contributed by atoms with Crippen LogP contribution in [0.15, 0.2) is 48.5 Å². The van der Waals surface area contributed by atoms with Crippen LogP contribution in [-0.2, 0) is 22.4 Å². The molecule has 0 unspecified atom stereocenters. The zero-order valence-electron chi connectivity index (χ0n) is 15.2. The fourth-order valence-corrected chi connectivity index (χ4v) is 3.22. The van der Waals surface area contributed by atoms with E-state index in [0.29, 0.717) is 24.3 Å². The maximum absolute atomic E-state index is 11.6. The number of hydrogen-bond acceptors (Lipinski definition) is 3. The maximum atomic E-state index is 11.6. The van der Waals surface area contributed by atoms with Gasteiger partial charge in [0, 0.05) is 5.02 Å². The molecule has 0 heterocycles. The highest BCUT2D eigenvalue weighted by Gasteiger charge is 2.25. The normalized spacial score (nSPS) is 13.1. The molecule has 144 valence electrons. The topological polar surface area (TPSA) is 86.6 Å². The Labute approximate surface area is 164 Å². The van der Waals surface area contributed by atoms with Gasteiger partial charge in [0.1, 0.15) is 12.1 Å². The number of carboxylic acid groups (broad SMARTS) is 2. The van der Waals surface area contributed by atoms with E-state index in [1.807, 2.05) is 55.5 Å². The molecule has 0 aliphatic carbocycles. The Kier molecular flexibility index (Phi) is 7.82. The third kappa shape index (κ3) is 6.70. The average Bonchev–Trinajstić information content (AvgIpc) is 2.60. The van der Waals surface area contributed by atoms with Gasteiger partial charge in [0.2, 0.25) is 0 Å². The van der Waals surface area contributed by atoms with E-state index in [2.05, 4.69) is 5.32 Å². The second kappa shape index (κ2) is 10.1. The molecule has 0 spiro atoms. The Morgan fingerprint density at radius 3 is 2.15 bits per heavy atom. The van der Waals surface area contributed by atoms with Gasteiger partial charge in [-0.25, -0.2) is 0 Å². The van der Waals surface area contributed by atoms with E-state index < -0.39 is 24.0 Å². The molecule has 2 atom stereocenters. The molecule has 0 aromatic heterocycles. The van der Waals surface area contributed by atoms with Crippen LogP contribution in [0.1, 0.15) is 36.5 Å². The van der Waals surface area contributed by atoms with Crippen molar-refractivity contribution in [1.29, 1.82) is 0 Å². The van der Waals surface area contributed by atoms with Crippen molar-refractivity contribution in [2.75, 3.05) is 0 Å². The number of rotatable bonds is 10. The Morgan fingerprint density at radius 2 is 1.56 bits per heavy atom. The molecule has 0 bridgehead atoms. The highest BCUT2D eigenvalue weighted by atomic mass is 35.5. The van der Waals surface area contributed by atoms with Crippen molar-refractivity contribution in [3.05, 3.63) is 70.2 Å². The first-order chi connectivity index (χ1) is 12.9. The summed E-state index contributed by atoms with van der Waals surface area (Å²) >= 11 is 6.02. The van der Waals surface area contributed by atoms with Crippen molar-refractivity contribution in [3.63, 3.8) is 0 Å². The van der Waals surface area contributed by atoms with Gasteiger partial charge in [-0.2, -0.15) is 0 Å². The van der Waals surface area contributed by atoms with Gasteiger partial charge < -0.3 is 10.2 Å². The van der Waals surface area contributed by atoms with Crippen LogP contribution in [0.3, 0.4) is 0 Å². The average molecular weight is 390 g/mol. The third-order valence-electron chi connectivity index (χ3n) is 4.30. The van der Waals surface area contributed by atoms with Crippen LogP contribution < -0.4 is 5.32 Å². The minimum Gasteiger partial charge on any atom is -0.480 e. The number of halogens is 1. The van der Waals surface area contributed by atoms with E-state index in [4.69, 9.17) is 11.6 Å². The van der Waals surface area contributed by atoms with Gasteiger partial charge in [-0.1, -0.05) is 61.3 Å². The van der Waals surface area contributed by atoms with Crippen LogP contribution in [-0.4, -0.2) is 34.2 Å². The van der Waals surface area contributed by atoms with Crippen molar-refractivity contribution in [2.24, 2.45) is 0 Å². The standard InChI is InChI=1S/C21H24ClNO4/c1-2-5-18(20(24)25)23-19(21(26)27)13-16-7-3-6-14(11-16)10-15-8-4-9-17(22)12-15/h3-4,6-9,11-12,18-19,23H,2,5,10,13H2,1H3,(H,24,25)(H,26,27)/t18-,19-/m0/s1. The summed E-state index contributed by atoms with van der Waals surface area (Å²) < 4.78 is 0. The number of aliphatic carboxylic acids is 2. The largest absolute Gasteiger partial charge is 0.480 e. The minimum atomic E-state index is -1.06. The zero-order chi connectivity index (χ0) is 19.8. The van der Waals surface area contributed by atoms with Crippen LogP contribution in [0.5, 0.6) is 0 Å². The molecule has 0 saturated carbocycles. The van der Waals surface area contributed by atoms with E-state index in [1.165, 1.54) is 0 Å². The molecular formula is C21H24ClNO4. The summed E-state index contributed by atoms with van der Waals surface area (Å²) in [4.78, 5) is 22.9. The minimum absolute atomic E-state index is 0.214. The van der Waals surface area contributed by atoms with Crippen molar-refractivity contribution < 1.29 is 19.8 Å². The summed E-state index contributed by atoms with van der Waals surface area (Å²) in [5.74, 6) is -2.09. The predicted octanol–water partition coefficient (Wildman–Crippen LogP) is 3.77. The smallest absolute Gasteiger partial charge is 0.321 e. The molecule has 0 saturated heterocycles. The van der Waals surface area contributed by atoms with Gasteiger partial charge >= 0.3 is 11.9 Å². The lowest BCUT2D eigenvalue weighted by Gasteiger charge is -2.20. The Hall–Kier alpha value is -2.37. The van der Waals surface area contributed by atoms with Crippen LogP contribution in [0.25, 0.3) is 0 Å². The first kappa shape index (κ1) is 20.9. The summed E-state index contributed by atoms with van der Waals surface area (Å²) in [7, 11) is 0. The number of benzene rings is 2. The van der Waals surface area contributed by atoms with E-state index in [-0.39, 0.29) is 6.42 Å². The Bertz CT molecular complexity index is 793. The van der Waals surface area contributed by atoms with Crippen LogP contribution in [0.2, 0.25) is 5.02 Å². The summed E-state index contributed by atoms with van der Waals surface area (Å²) in [6.45, 7) is 1.87. The van der Waals surface area contributed by atoms with E-state index >= 15 is 0 Å². The lowest BCUT2D eigenvalue weighted by atomic mass is 9.99. The highest BCUT2D eigenvalue weighted by Crippen LogP contribution is 2.16. The molecule has 0 radical (unpaired) electrons. The quantitative estimate of drug-likeness (QED) is 0.575. The molecule has 0 fully saturated rings. The first-order valence-corrected chi connectivity index (χ1v) is 9.30. The lowest BCUT2D eigenvalue weighted by molar-refractivity contribution is -0.142. The Morgan fingerprint density at radius 1 is 0.963 bits per heavy atom. The SMILES string of the molecule is CCC[C@H](N[C@@H](Cc1cccc(Cc2cccc(Cl)c2)c1)C(=O)O)C(=O)O. The summed E-state index contributed by atoms with van der Waals surface area (Å²) in [5, 5.41) is 22.2. The number of carbonyl (C=O) groups is 2. The molecule has 0 aliphatic rings. The molecule has 5 nitrogen and oxygen atoms in total. The van der Waals surface area contributed by atoms with Crippen LogP contribution in [0.4, 0.5) is 0 Å². The second-order valence-electron chi connectivity index (χ2n) is 6.57. The predicted molar refractivity (Wildman–Crippen MR) is 105 cm³/mol. The monoisotopic (exact) mass is 389 g/mol. The van der Waals surface area contributed by atoms with Crippen molar-refractivity contribution in [2.45, 2.75) is 44.7 Å². The second-order valence-corrected chi connectivity index (χ2v) is 7.00. The summed E-state index contributed by atoms with van der Waals surface area (Å²) in [6, 6.07) is 13.4. The fourth-order valence-electron chi connectivity index (χ4n) is 3.01. The molecule has 0 amide bonds. The Balaban J connectivity index is 2.11.